The molecule has 2 aromatic heterocycles. The van der Waals surface area contributed by atoms with Crippen LogP contribution in [0.15, 0.2) is 138 Å². The SMILES string of the molecule is O=CC1OC(c2ccc(Cl)c(Cc3ncc(-c4ccco4)s3)c2)C(OCc2ccccc2)C(OCc2ccccc2)C1OCc1ccccc1. The third-order valence-electron chi connectivity index (χ3n) is 8.62. The molecule has 0 aliphatic carbocycles. The molecule has 7 nitrogen and oxygen atoms in total. The highest BCUT2D eigenvalue weighted by molar-refractivity contribution is 7.15. The van der Waals surface area contributed by atoms with E-state index in [4.69, 9.17) is 35.0 Å². The molecule has 50 heavy (non-hydrogen) atoms. The molecule has 4 aromatic carbocycles. The van der Waals surface area contributed by atoms with Crippen LogP contribution in [0.2, 0.25) is 5.02 Å². The number of nitrogens with zero attached hydrogens (tertiary/aromatic N) is 1. The van der Waals surface area contributed by atoms with Crippen LogP contribution in [0, 0.1) is 0 Å². The first kappa shape index (κ1) is 34.1. The van der Waals surface area contributed by atoms with Gasteiger partial charge in [0.05, 0.1) is 36.0 Å². The van der Waals surface area contributed by atoms with Gasteiger partial charge in [0.15, 0.2) is 6.29 Å². The van der Waals surface area contributed by atoms with E-state index < -0.39 is 30.5 Å². The van der Waals surface area contributed by atoms with Gasteiger partial charge in [-0.2, -0.15) is 0 Å². The Hall–Kier alpha value is -4.41. The standard InChI is InChI=1S/C41H36ClNO6S/c42-33-19-18-31(21-32(33)22-37-43-23-36(50-37)34-17-10-20-45-34)38-40(47-26-29-13-6-2-7-14-29)41(48-27-30-15-8-3-9-16-30)39(35(24-44)49-38)46-25-28-11-4-1-5-12-28/h1-21,23-24,35,38-41H,22,25-27H2. The number of halogens is 1. The molecule has 3 heterocycles. The van der Waals surface area contributed by atoms with Crippen molar-refractivity contribution in [3.8, 4) is 10.6 Å². The van der Waals surface area contributed by atoms with Crippen molar-refractivity contribution >= 4 is 29.2 Å². The van der Waals surface area contributed by atoms with Crippen LogP contribution in [0.1, 0.15) is 38.9 Å². The minimum atomic E-state index is -0.921. The van der Waals surface area contributed by atoms with Crippen LogP contribution in [0.5, 0.6) is 0 Å². The number of benzene rings is 4. The molecule has 0 radical (unpaired) electrons. The van der Waals surface area contributed by atoms with Gasteiger partial charge in [-0.3, -0.25) is 0 Å². The van der Waals surface area contributed by atoms with Crippen LogP contribution in [0.25, 0.3) is 10.6 Å². The molecule has 0 amide bonds. The second-order valence-electron chi connectivity index (χ2n) is 12.1. The van der Waals surface area contributed by atoms with Gasteiger partial charge >= 0.3 is 0 Å². The number of hydrogen-bond donors (Lipinski definition) is 0. The second-order valence-corrected chi connectivity index (χ2v) is 13.6. The molecule has 1 aliphatic rings. The Balaban J connectivity index is 1.22. The Morgan fingerprint density at radius 2 is 1.32 bits per heavy atom. The van der Waals surface area contributed by atoms with Gasteiger partial charge in [0.25, 0.3) is 0 Å². The summed E-state index contributed by atoms with van der Waals surface area (Å²) in [7, 11) is 0. The van der Waals surface area contributed by atoms with Crippen molar-refractivity contribution in [1.82, 2.24) is 4.98 Å². The van der Waals surface area contributed by atoms with Crippen LogP contribution >= 0.6 is 22.9 Å². The minimum Gasteiger partial charge on any atom is -0.463 e. The van der Waals surface area contributed by atoms with Crippen molar-refractivity contribution in [2.45, 2.75) is 56.8 Å². The van der Waals surface area contributed by atoms with Gasteiger partial charge in [-0.1, -0.05) is 115 Å². The van der Waals surface area contributed by atoms with E-state index in [1.807, 2.05) is 128 Å². The Morgan fingerprint density at radius 3 is 1.90 bits per heavy atom. The van der Waals surface area contributed by atoms with E-state index in [0.29, 0.717) is 24.7 Å². The zero-order chi connectivity index (χ0) is 34.1. The fourth-order valence-electron chi connectivity index (χ4n) is 6.10. The summed E-state index contributed by atoms with van der Waals surface area (Å²) >= 11 is 8.33. The van der Waals surface area contributed by atoms with E-state index in [-0.39, 0.29) is 6.61 Å². The number of aldehydes is 1. The molecule has 1 fully saturated rings. The molecule has 5 unspecified atom stereocenters. The topological polar surface area (TPSA) is 80.0 Å². The molecular weight excluding hydrogens is 670 g/mol. The molecular formula is C41H36ClNO6S. The summed E-state index contributed by atoms with van der Waals surface area (Å²) in [6.07, 6.45) is 1.14. The van der Waals surface area contributed by atoms with Gasteiger partial charge in [0, 0.05) is 17.6 Å². The van der Waals surface area contributed by atoms with Crippen molar-refractivity contribution in [2.24, 2.45) is 0 Å². The number of rotatable bonds is 14. The quantitative estimate of drug-likeness (QED) is 0.105. The van der Waals surface area contributed by atoms with Crippen molar-refractivity contribution in [2.75, 3.05) is 0 Å². The zero-order valence-corrected chi connectivity index (χ0v) is 28.7. The van der Waals surface area contributed by atoms with Crippen molar-refractivity contribution in [3.05, 3.63) is 172 Å². The number of carbonyl (C=O) groups is 1. The lowest BCUT2D eigenvalue weighted by molar-refractivity contribution is -0.259. The van der Waals surface area contributed by atoms with E-state index in [1.165, 1.54) is 0 Å². The number of ether oxygens (including phenoxy) is 4. The van der Waals surface area contributed by atoms with Gasteiger partial charge < -0.3 is 28.2 Å². The fraction of sp³-hybridized carbons (Fsp3) is 0.220. The van der Waals surface area contributed by atoms with Crippen molar-refractivity contribution < 1.29 is 28.2 Å². The molecule has 5 atom stereocenters. The molecule has 0 N–H and O–H groups in total. The maximum Gasteiger partial charge on any atom is 0.151 e. The highest BCUT2D eigenvalue weighted by atomic mass is 35.5. The van der Waals surface area contributed by atoms with E-state index in [1.54, 1.807) is 17.6 Å². The maximum absolute atomic E-state index is 12.8. The average molecular weight is 706 g/mol. The lowest BCUT2D eigenvalue weighted by Crippen LogP contribution is -2.57. The van der Waals surface area contributed by atoms with E-state index in [9.17, 15) is 4.79 Å². The van der Waals surface area contributed by atoms with E-state index in [2.05, 4.69) is 4.98 Å². The van der Waals surface area contributed by atoms with Gasteiger partial charge in [-0.15, -0.1) is 11.3 Å². The summed E-state index contributed by atoms with van der Waals surface area (Å²) < 4.78 is 32.2. The molecule has 6 aromatic rings. The number of carbonyl (C=O) groups excluding carboxylic acids is 1. The van der Waals surface area contributed by atoms with Crippen LogP contribution in [-0.4, -0.2) is 35.7 Å². The summed E-state index contributed by atoms with van der Waals surface area (Å²) in [6, 6.07) is 39.3. The first-order valence-corrected chi connectivity index (χ1v) is 17.7. The summed E-state index contributed by atoms with van der Waals surface area (Å²) in [5, 5.41) is 1.50. The predicted molar refractivity (Wildman–Crippen MR) is 193 cm³/mol. The van der Waals surface area contributed by atoms with Crippen LogP contribution in [-0.2, 0) is 50.0 Å². The molecule has 0 saturated carbocycles. The number of aromatic nitrogens is 1. The van der Waals surface area contributed by atoms with Gasteiger partial charge in [-0.25, -0.2) is 4.98 Å². The Bertz CT molecular complexity index is 1940. The second kappa shape index (κ2) is 16.5. The smallest absolute Gasteiger partial charge is 0.151 e. The Labute approximate surface area is 300 Å². The Morgan fingerprint density at radius 1 is 0.720 bits per heavy atom. The van der Waals surface area contributed by atoms with E-state index in [0.717, 1.165) is 49.7 Å². The highest BCUT2D eigenvalue weighted by Crippen LogP contribution is 2.39. The highest BCUT2D eigenvalue weighted by Gasteiger charge is 2.49. The van der Waals surface area contributed by atoms with Crippen molar-refractivity contribution in [1.29, 1.82) is 0 Å². The van der Waals surface area contributed by atoms with Gasteiger partial charge in [0.1, 0.15) is 36.3 Å². The third kappa shape index (κ3) is 8.30. The van der Waals surface area contributed by atoms with Crippen molar-refractivity contribution in [3.63, 3.8) is 0 Å². The summed E-state index contributed by atoms with van der Waals surface area (Å²) in [5.41, 5.74) is 4.66. The van der Waals surface area contributed by atoms with Crippen LogP contribution in [0.3, 0.4) is 0 Å². The normalized spacial score (nSPS) is 20.5. The predicted octanol–water partition coefficient (Wildman–Crippen LogP) is 9.04. The monoisotopic (exact) mass is 705 g/mol. The Kier molecular flexibility index (Phi) is 11.3. The van der Waals surface area contributed by atoms with Gasteiger partial charge in [0.2, 0.25) is 0 Å². The maximum atomic E-state index is 12.8. The molecule has 7 rings (SSSR count). The number of thiazole rings is 1. The lowest BCUT2D eigenvalue weighted by Gasteiger charge is -2.45. The molecule has 254 valence electrons. The third-order valence-corrected chi connectivity index (χ3v) is 10.0. The van der Waals surface area contributed by atoms with Crippen LogP contribution < -0.4 is 0 Å². The minimum absolute atomic E-state index is 0.277. The van der Waals surface area contributed by atoms with E-state index >= 15 is 0 Å². The first-order valence-electron chi connectivity index (χ1n) is 16.5. The summed E-state index contributed by atoms with van der Waals surface area (Å²) in [5.74, 6) is 0.771. The largest absolute Gasteiger partial charge is 0.463 e. The molecule has 1 aliphatic heterocycles. The lowest BCUT2D eigenvalue weighted by atomic mass is 9.89. The molecule has 9 heteroatoms. The number of hydrogen-bond acceptors (Lipinski definition) is 8. The molecule has 1 saturated heterocycles. The molecule has 0 bridgehead atoms. The average Bonchev–Trinajstić information content (AvgIpc) is 3.87. The summed E-state index contributed by atoms with van der Waals surface area (Å²) in [4.78, 5) is 18.4. The fourth-order valence-corrected chi connectivity index (χ4v) is 7.20. The first-order chi connectivity index (χ1) is 24.6. The molecule has 0 spiro atoms. The summed E-state index contributed by atoms with van der Waals surface area (Å²) in [6.45, 7) is 0.885. The number of furan rings is 1. The zero-order valence-electron chi connectivity index (χ0n) is 27.2. The van der Waals surface area contributed by atoms with Crippen LogP contribution in [0.4, 0.5) is 0 Å². The van der Waals surface area contributed by atoms with Gasteiger partial charge in [-0.05, 0) is 46.0 Å².